The van der Waals surface area contributed by atoms with Crippen molar-refractivity contribution in [2.24, 2.45) is 0 Å². The maximum Gasteiger partial charge on any atom is 0.125 e. The molecule has 2 rings (SSSR count). The Morgan fingerprint density at radius 3 is 2.75 bits per heavy atom. The van der Waals surface area contributed by atoms with Gasteiger partial charge in [-0.05, 0) is 43.5 Å². The smallest absolute Gasteiger partial charge is 0.125 e. The average molecular weight is 217 g/mol. The zero-order valence-electron chi connectivity index (χ0n) is 10.5. The van der Waals surface area contributed by atoms with E-state index in [1.807, 2.05) is 6.92 Å². The highest BCUT2D eigenvalue weighted by Crippen LogP contribution is 2.44. The minimum atomic E-state index is 0.370. The molecule has 0 saturated heterocycles. The molecule has 1 aromatic carbocycles. The van der Waals surface area contributed by atoms with Crippen molar-refractivity contribution in [2.75, 3.05) is 11.9 Å². The Morgan fingerprint density at radius 1 is 1.44 bits per heavy atom. The number of ether oxygens (including phenoxy) is 1. The van der Waals surface area contributed by atoms with E-state index < -0.39 is 0 Å². The predicted molar refractivity (Wildman–Crippen MR) is 68.3 cm³/mol. The van der Waals surface area contributed by atoms with Crippen molar-refractivity contribution < 1.29 is 4.74 Å². The number of hydrogen-bond acceptors (Lipinski definition) is 2. The van der Waals surface area contributed by atoms with Crippen molar-refractivity contribution in [3.8, 4) is 5.75 Å². The van der Waals surface area contributed by atoms with E-state index in [-0.39, 0.29) is 0 Å². The molecule has 86 valence electrons. The normalized spacial score (nSPS) is 18.2. The zero-order valence-corrected chi connectivity index (χ0v) is 10.5. The van der Waals surface area contributed by atoms with Gasteiger partial charge in [-0.3, -0.25) is 0 Å². The lowest BCUT2D eigenvalue weighted by molar-refractivity contribution is 0.335. The number of benzene rings is 1. The number of nitrogens with one attached hydrogen (secondary N) is 1. The average Bonchev–Trinajstić information content (AvgIpc) is 2.49. The second-order valence-electron chi connectivity index (χ2n) is 4.41. The maximum absolute atomic E-state index is 5.72. The number of rotatable bonds is 2. The largest absolute Gasteiger partial charge is 0.493 e. The van der Waals surface area contributed by atoms with E-state index in [1.54, 1.807) is 0 Å². The van der Waals surface area contributed by atoms with Crippen LogP contribution in [-0.2, 0) is 0 Å². The van der Waals surface area contributed by atoms with Crippen LogP contribution in [0.15, 0.2) is 18.3 Å². The van der Waals surface area contributed by atoms with E-state index in [4.69, 9.17) is 4.74 Å². The van der Waals surface area contributed by atoms with Crippen LogP contribution < -0.4 is 10.1 Å². The lowest BCUT2D eigenvalue weighted by Crippen LogP contribution is -2.00. The summed E-state index contributed by atoms with van der Waals surface area (Å²) in [5.41, 5.74) is 6.03. The van der Waals surface area contributed by atoms with Crippen molar-refractivity contribution in [3.63, 3.8) is 0 Å². The van der Waals surface area contributed by atoms with Crippen LogP contribution in [0.25, 0.3) is 0 Å². The minimum Gasteiger partial charge on any atom is -0.493 e. The van der Waals surface area contributed by atoms with Gasteiger partial charge in [0.1, 0.15) is 5.75 Å². The summed E-state index contributed by atoms with van der Waals surface area (Å²) >= 11 is 0. The van der Waals surface area contributed by atoms with Crippen LogP contribution in [0.5, 0.6) is 5.75 Å². The molecule has 0 amide bonds. The molecule has 1 aliphatic rings. The minimum absolute atomic E-state index is 0.370. The maximum atomic E-state index is 5.72. The van der Waals surface area contributed by atoms with Gasteiger partial charge in [-0.15, -0.1) is 0 Å². The molecule has 0 bridgehead atoms. The molecule has 1 unspecified atom stereocenters. The summed E-state index contributed by atoms with van der Waals surface area (Å²) in [5, 5.41) is 3.35. The lowest BCUT2D eigenvalue weighted by atomic mass is 9.94. The van der Waals surface area contributed by atoms with E-state index in [0.717, 1.165) is 11.4 Å². The first-order valence-electron chi connectivity index (χ1n) is 5.79. The van der Waals surface area contributed by atoms with Gasteiger partial charge in [-0.2, -0.15) is 0 Å². The number of aryl methyl sites for hydroxylation is 1. The fourth-order valence-corrected chi connectivity index (χ4v) is 2.46. The summed E-state index contributed by atoms with van der Waals surface area (Å²) < 4.78 is 5.72. The van der Waals surface area contributed by atoms with E-state index >= 15 is 0 Å². The number of hydrogen-bond donors (Lipinski definition) is 1. The van der Waals surface area contributed by atoms with E-state index in [0.29, 0.717) is 12.5 Å². The molecular formula is C14H19NO. The fourth-order valence-electron chi connectivity index (χ4n) is 2.46. The summed E-state index contributed by atoms with van der Waals surface area (Å²) in [7, 11) is 0. The highest BCUT2D eigenvalue weighted by Gasteiger charge is 2.26. The van der Waals surface area contributed by atoms with Gasteiger partial charge in [0.15, 0.2) is 0 Å². The predicted octanol–water partition coefficient (Wildman–Crippen LogP) is 3.74. The summed E-state index contributed by atoms with van der Waals surface area (Å²) in [4.78, 5) is 0. The third-order valence-corrected chi connectivity index (χ3v) is 3.29. The van der Waals surface area contributed by atoms with E-state index in [1.165, 1.54) is 22.4 Å². The zero-order chi connectivity index (χ0) is 11.9. The van der Waals surface area contributed by atoms with Gasteiger partial charge in [0.25, 0.3) is 0 Å². The van der Waals surface area contributed by atoms with Crippen LogP contribution in [0.3, 0.4) is 0 Å². The highest BCUT2D eigenvalue weighted by atomic mass is 16.5. The molecule has 0 fully saturated rings. The Bertz CT molecular complexity index is 449. The number of anilines is 1. The Morgan fingerprint density at radius 2 is 2.12 bits per heavy atom. The molecule has 0 spiro atoms. The molecule has 0 radical (unpaired) electrons. The van der Waals surface area contributed by atoms with Crippen LogP contribution in [-0.4, -0.2) is 6.61 Å². The molecule has 1 aliphatic heterocycles. The van der Waals surface area contributed by atoms with Gasteiger partial charge in [0.05, 0.1) is 6.61 Å². The molecule has 2 heteroatoms. The molecule has 0 aliphatic carbocycles. The summed E-state index contributed by atoms with van der Waals surface area (Å²) in [6.45, 7) is 13.2. The van der Waals surface area contributed by atoms with Crippen LogP contribution in [0, 0.1) is 13.8 Å². The molecule has 0 aromatic heterocycles. The molecule has 1 N–H and O–H groups in total. The third kappa shape index (κ3) is 1.49. The second-order valence-corrected chi connectivity index (χ2v) is 4.41. The van der Waals surface area contributed by atoms with Gasteiger partial charge in [-0.25, -0.2) is 0 Å². The first kappa shape index (κ1) is 11.1. The first-order chi connectivity index (χ1) is 7.56. The topological polar surface area (TPSA) is 21.3 Å². The summed E-state index contributed by atoms with van der Waals surface area (Å²) in [6, 6.07) is 2.15. The quantitative estimate of drug-likeness (QED) is 0.814. The number of fused-ring (bicyclic) bond motifs is 1. The Kier molecular flexibility index (Phi) is 2.66. The van der Waals surface area contributed by atoms with Crippen molar-refractivity contribution >= 4 is 5.69 Å². The Labute approximate surface area is 97.3 Å². The molecule has 1 aromatic rings. The molecule has 1 heterocycles. The highest BCUT2D eigenvalue weighted by molar-refractivity contribution is 5.71. The van der Waals surface area contributed by atoms with E-state index in [9.17, 15) is 0 Å². The fraction of sp³-hybridized carbons (Fsp3) is 0.429. The van der Waals surface area contributed by atoms with Crippen LogP contribution in [0.4, 0.5) is 5.69 Å². The van der Waals surface area contributed by atoms with Crippen LogP contribution in [0.1, 0.15) is 36.5 Å². The van der Waals surface area contributed by atoms with E-state index in [2.05, 4.69) is 38.7 Å². The first-order valence-corrected chi connectivity index (χ1v) is 5.79. The second kappa shape index (κ2) is 3.85. The van der Waals surface area contributed by atoms with Crippen molar-refractivity contribution in [1.82, 2.24) is 0 Å². The van der Waals surface area contributed by atoms with Gasteiger partial charge in [0.2, 0.25) is 0 Å². The van der Waals surface area contributed by atoms with Gasteiger partial charge < -0.3 is 10.1 Å². The standard InChI is InChI=1S/C14H19NO/c1-6-16-14-8(2)7-12-13(10(14)4)9(3)11(5)15-12/h7,9,15H,5-6H2,1-4H3. The van der Waals surface area contributed by atoms with Crippen molar-refractivity contribution in [3.05, 3.63) is 35.0 Å². The van der Waals surface area contributed by atoms with Gasteiger partial charge in [0, 0.05) is 17.3 Å². The molecule has 2 nitrogen and oxygen atoms in total. The summed E-state index contributed by atoms with van der Waals surface area (Å²) in [5.74, 6) is 1.40. The monoisotopic (exact) mass is 217 g/mol. The van der Waals surface area contributed by atoms with Crippen molar-refractivity contribution in [2.45, 2.75) is 33.6 Å². The molecule has 1 atom stereocenters. The molecule has 16 heavy (non-hydrogen) atoms. The van der Waals surface area contributed by atoms with Crippen LogP contribution >= 0.6 is 0 Å². The molecule has 0 saturated carbocycles. The van der Waals surface area contributed by atoms with Gasteiger partial charge in [-0.1, -0.05) is 13.5 Å². The summed E-state index contributed by atoms with van der Waals surface area (Å²) in [6.07, 6.45) is 0. The van der Waals surface area contributed by atoms with Gasteiger partial charge >= 0.3 is 0 Å². The number of allylic oxidation sites excluding steroid dienone is 1. The lowest BCUT2D eigenvalue weighted by Gasteiger charge is -2.15. The van der Waals surface area contributed by atoms with Crippen molar-refractivity contribution in [1.29, 1.82) is 0 Å². The molecular weight excluding hydrogens is 198 g/mol. The third-order valence-electron chi connectivity index (χ3n) is 3.29. The van der Waals surface area contributed by atoms with Crippen LogP contribution in [0.2, 0.25) is 0 Å². The Hall–Kier alpha value is -1.44. The SMILES string of the molecule is C=C1Nc2cc(C)c(OCC)c(C)c2C1C. The Balaban J connectivity index is 2.59.